The van der Waals surface area contributed by atoms with Crippen LogP contribution in [0, 0.1) is 0 Å². The summed E-state index contributed by atoms with van der Waals surface area (Å²) in [6.45, 7) is 0.663. The molecule has 1 fully saturated rings. The van der Waals surface area contributed by atoms with Crippen molar-refractivity contribution >= 4 is 5.97 Å². The summed E-state index contributed by atoms with van der Waals surface area (Å²) in [7, 11) is 1.63. The summed E-state index contributed by atoms with van der Waals surface area (Å²) in [5.74, 6) is -2.11. The van der Waals surface area contributed by atoms with Crippen LogP contribution in [0.3, 0.4) is 0 Å². The third-order valence-corrected chi connectivity index (χ3v) is 1.93. The van der Waals surface area contributed by atoms with Crippen LogP contribution in [0.15, 0.2) is 0 Å². The van der Waals surface area contributed by atoms with E-state index >= 15 is 0 Å². The number of hydrogen-bond acceptors (Lipinski definition) is 3. The molecule has 0 N–H and O–H groups in total. The molecule has 0 aromatic rings. The van der Waals surface area contributed by atoms with E-state index in [1.165, 1.54) is 0 Å². The Bertz CT molecular complexity index is 204. The molecule has 1 rings (SSSR count). The Hall–Kier alpha value is -0.780. The molecule has 6 heteroatoms. The van der Waals surface area contributed by atoms with Crippen molar-refractivity contribution in [1.82, 2.24) is 4.90 Å². The number of halogens is 3. The van der Waals surface area contributed by atoms with Crippen molar-refractivity contribution in [2.24, 2.45) is 0 Å². The van der Waals surface area contributed by atoms with E-state index in [0.717, 1.165) is 6.42 Å². The van der Waals surface area contributed by atoms with Gasteiger partial charge in [-0.2, -0.15) is 13.2 Å². The van der Waals surface area contributed by atoms with Crippen LogP contribution in [0.1, 0.15) is 12.8 Å². The quantitative estimate of drug-likeness (QED) is 0.590. The van der Waals surface area contributed by atoms with Crippen LogP contribution in [0.2, 0.25) is 0 Å². The number of carbonyl (C=O) groups is 1. The van der Waals surface area contributed by atoms with E-state index in [4.69, 9.17) is 0 Å². The van der Waals surface area contributed by atoms with Gasteiger partial charge >= 0.3 is 12.1 Å². The Labute approximate surface area is 73.5 Å². The number of alkyl halides is 3. The molecule has 1 unspecified atom stereocenters. The molecule has 1 heterocycles. The van der Waals surface area contributed by atoms with Crippen LogP contribution >= 0.6 is 0 Å². The van der Waals surface area contributed by atoms with E-state index in [9.17, 15) is 18.0 Å². The van der Waals surface area contributed by atoms with Gasteiger partial charge in [-0.1, -0.05) is 0 Å². The number of carbonyl (C=O) groups excluding carboxylic acids is 1. The third kappa shape index (κ3) is 2.58. The maximum atomic E-state index is 11.7. The number of rotatable bonds is 1. The lowest BCUT2D eigenvalue weighted by atomic mass is 10.4. The van der Waals surface area contributed by atoms with E-state index in [1.54, 1.807) is 11.9 Å². The first kappa shape index (κ1) is 10.3. The first-order valence-electron chi connectivity index (χ1n) is 3.89. The SMILES string of the molecule is CN1CCCC1OC(=O)C(F)(F)F. The Morgan fingerprint density at radius 3 is 2.54 bits per heavy atom. The van der Waals surface area contributed by atoms with Crippen molar-refractivity contribution in [2.75, 3.05) is 13.6 Å². The van der Waals surface area contributed by atoms with Crippen LogP contribution in [-0.4, -0.2) is 36.9 Å². The number of esters is 1. The van der Waals surface area contributed by atoms with Crippen LogP contribution in [0.25, 0.3) is 0 Å². The van der Waals surface area contributed by atoms with Crippen LogP contribution in [0.5, 0.6) is 0 Å². The highest BCUT2D eigenvalue weighted by Crippen LogP contribution is 2.22. The maximum Gasteiger partial charge on any atom is 0.490 e. The Kier molecular flexibility index (Phi) is 2.80. The zero-order valence-corrected chi connectivity index (χ0v) is 7.10. The number of hydrogen-bond donors (Lipinski definition) is 0. The Morgan fingerprint density at radius 2 is 2.15 bits per heavy atom. The average molecular weight is 197 g/mol. The molecule has 0 radical (unpaired) electrons. The van der Waals surface area contributed by atoms with Gasteiger partial charge in [0.1, 0.15) is 0 Å². The zero-order valence-electron chi connectivity index (χ0n) is 7.10. The second-order valence-corrected chi connectivity index (χ2v) is 2.98. The molecule has 0 amide bonds. The molecular weight excluding hydrogens is 187 g/mol. The number of likely N-dealkylation sites (tertiary alicyclic amines) is 1. The van der Waals surface area contributed by atoms with E-state index in [2.05, 4.69) is 4.74 Å². The largest absolute Gasteiger partial charge is 0.490 e. The normalized spacial score (nSPS) is 24.8. The van der Waals surface area contributed by atoms with Crippen LogP contribution in [0.4, 0.5) is 13.2 Å². The summed E-state index contributed by atoms with van der Waals surface area (Å²) in [5, 5.41) is 0. The molecule has 1 saturated heterocycles. The summed E-state index contributed by atoms with van der Waals surface area (Å²) in [5.41, 5.74) is 0. The number of ether oxygens (including phenoxy) is 1. The molecule has 13 heavy (non-hydrogen) atoms. The van der Waals surface area contributed by atoms with Crippen LogP contribution < -0.4 is 0 Å². The molecule has 0 aliphatic carbocycles. The zero-order chi connectivity index (χ0) is 10.1. The fourth-order valence-electron chi connectivity index (χ4n) is 1.22. The van der Waals surface area contributed by atoms with Gasteiger partial charge < -0.3 is 4.74 Å². The Balaban J connectivity index is 2.45. The summed E-state index contributed by atoms with van der Waals surface area (Å²) in [6, 6.07) is 0. The lowest BCUT2D eigenvalue weighted by Crippen LogP contribution is -2.35. The van der Waals surface area contributed by atoms with Gasteiger partial charge in [-0.05, 0) is 19.9 Å². The summed E-state index contributed by atoms with van der Waals surface area (Å²) < 4.78 is 39.5. The van der Waals surface area contributed by atoms with E-state index < -0.39 is 18.4 Å². The van der Waals surface area contributed by atoms with Crippen LogP contribution in [-0.2, 0) is 9.53 Å². The van der Waals surface area contributed by atoms with Crippen molar-refractivity contribution in [2.45, 2.75) is 25.2 Å². The van der Waals surface area contributed by atoms with Gasteiger partial charge in [0.15, 0.2) is 6.23 Å². The van der Waals surface area contributed by atoms with Gasteiger partial charge in [0, 0.05) is 6.54 Å². The third-order valence-electron chi connectivity index (χ3n) is 1.93. The topological polar surface area (TPSA) is 29.5 Å². The van der Waals surface area contributed by atoms with E-state index in [0.29, 0.717) is 13.0 Å². The first-order valence-corrected chi connectivity index (χ1v) is 3.89. The molecule has 0 aromatic heterocycles. The minimum atomic E-state index is -4.89. The molecule has 0 aromatic carbocycles. The van der Waals surface area contributed by atoms with E-state index in [-0.39, 0.29) is 0 Å². The van der Waals surface area contributed by atoms with Crippen molar-refractivity contribution < 1.29 is 22.7 Å². The predicted molar refractivity (Wildman–Crippen MR) is 37.8 cm³/mol. The van der Waals surface area contributed by atoms with Gasteiger partial charge in [-0.15, -0.1) is 0 Å². The fourth-order valence-corrected chi connectivity index (χ4v) is 1.22. The molecular formula is C7H10F3NO2. The molecule has 0 saturated carbocycles. The van der Waals surface area contributed by atoms with Gasteiger partial charge in [0.25, 0.3) is 0 Å². The molecule has 76 valence electrons. The van der Waals surface area contributed by atoms with Crippen molar-refractivity contribution in [1.29, 1.82) is 0 Å². The lowest BCUT2D eigenvalue weighted by Gasteiger charge is -2.19. The monoisotopic (exact) mass is 197 g/mol. The Morgan fingerprint density at radius 1 is 1.54 bits per heavy atom. The minimum Gasteiger partial charge on any atom is -0.440 e. The highest BCUT2D eigenvalue weighted by atomic mass is 19.4. The van der Waals surface area contributed by atoms with Gasteiger partial charge in [-0.3, -0.25) is 4.90 Å². The van der Waals surface area contributed by atoms with Gasteiger partial charge in [0.05, 0.1) is 0 Å². The summed E-state index contributed by atoms with van der Waals surface area (Å²) in [6.07, 6.45) is -4.37. The van der Waals surface area contributed by atoms with Crippen molar-refractivity contribution in [3.05, 3.63) is 0 Å². The second kappa shape index (κ2) is 3.53. The summed E-state index contributed by atoms with van der Waals surface area (Å²) in [4.78, 5) is 12.0. The lowest BCUT2D eigenvalue weighted by molar-refractivity contribution is -0.210. The average Bonchev–Trinajstić information content (AvgIpc) is 2.34. The highest BCUT2D eigenvalue weighted by molar-refractivity contribution is 5.75. The van der Waals surface area contributed by atoms with Gasteiger partial charge in [0.2, 0.25) is 0 Å². The molecule has 3 nitrogen and oxygen atoms in total. The summed E-state index contributed by atoms with van der Waals surface area (Å²) >= 11 is 0. The van der Waals surface area contributed by atoms with Crippen molar-refractivity contribution in [3.8, 4) is 0 Å². The minimum absolute atomic E-state index is 0.471. The van der Waals surface area contributed by atoms with Gasteiger partial charge in [-0.25, -0.2) is 4.79 Å². The smallest absolute Gasteiger partial charge is 0.440 e. The second-order valence-electron chi connectivity index (χ2n) is 2.98. The highest BCUT2D eigenvalue weighted by Gasteiger charge is 2.43. The fraction of sp³-hybridized carbons (Fsp3) is 0.857. The molecule has 0 spiro atoms. The standard InChI is InChI=1S/C7H10F3NO2/c1-11-4-2-3-5(11)13-6(12)7(8,9)10/h5H,2-4H2,1H3. The molecule has 1 aliphatic rings. The molecule has 1 aliphatic heterocycles. The first-order chi connectivity index (χ1) is 5.91. The predicted octanol–water partition coefficient (Wildman–Crippen LogP) is 1.14. The molecule has 0 bridgehead atoms. The molecule has 1 atom stereocenters. The number of nitrogens with zero attached hydrogens (tertiary/aromatic N) is 1. The maximum absolute atomic E-state index is 11.7. The van der Waals surface area contributed by atoms with Crippen molar-refractivity contribution in [3.63, 3.8) is 0 Å². The van der Waals surface area contributed by atoms with E-state index in [1.807, 2.05) is 0 Å².